The first-order valence-corrected chi connectivity index (χ1v) is 11.1. The first-order chi connectivity index (χ1) is 16.1. The molecule has 2 amide bonds. The number of alkyl halides is 3. The van der Waals surface area contributed by atoms with Crippen molar-refractivity contribution in [3.63, 3.8) is 0 Å². The summed E-state index contributed by atoms with van der Waals surface area (Å²) in [7, 11) is 0. The molecule has 7 nitrogen and oxygen atoms in total. The quantitative estimate of drug-likeness (QED) is 0.480. The Labute approximate surface area is 194 Å². The highest BCUT2D eigenvalue weighted by Gasteiger charge is 2.39. The van der Waals surface area contributed by atoms with Gasteiger partial charge in [0.1, 0.15) is 0 Å². The van der Waals surface area contributed by atoms with Gasteiger partial charge in [0.15, 0.2) is 5.72 Å². The summed E-state index contributed by atoms with van der Waals surface area (Å²) in [6.07, 6.45) is -2.56. The SMILES string of the molecule is O=C(NCCc1cccc(C(F)(F)F)c1)C(=O)NCCc1ccc2c(c1)[C@H]1CC[C@](O)(CO1)N2. The Morgan fingerprint density at radius 1 is 1.06 bits per heavy atom. The first-order valence-electron chi connectivity index (χ1n) is 11.1. The summed E-state index contributed by atoms with van der Waals surface area (Å²) in [5.74, 6) is -1.64. The highest BCUT2D eigenvalue weighted by Crippen LogP contribution is 2.41. The molecule has 182 valence electrons. The number of ether oxygens (including phenoxy) is 1. The van der Waals surface area contributed by atoms with Crippen molar-refractivity contribution < 1.29 is 32.6 Å². The highest BCUT2D eigenvalue weighted by molar-refractivity contribution is 6.35. The van der Waals surface area contributed by atoms with Gasteiger partial charge in [0.2, 0.25) is 0 Å². The van der Waals surface area contributed by atoms with E-state index in [2.05, 4.69) is 16.0 Å². The summed E-state index contributed by atoms with van der Waals surface area (Å²) in [6, 6.07) is 10.6. The zero-order valence-corrected chi connectivity index (χ0v) is 18.4. The van der Waals surface area contributed by atoms with Crippen molar-refractivity contribution >= 4 is 17.5 Å². The topological polar surface area (TPSA) is 99.7 Å². The van der Waals surface area contributed by atoms with Gasteiger partial charge in [-0.3, -0.25) is 9.59 Å². The zero-order chi connectivity index (χ0) is 24.3. The number of hydrogen-bond acceptors (Lipinski definition) is 5. The fourth-order valence-electron chi connectivity index (χ4n) is 4.21. The van der Waals surface area contributed by atoms with E-state index in [-0.39, 0.29) is 32.2 Å². The Kier molecular flexibility index (Phi) is 6.81. The Hall–Kier alpha value is -3.11. The number of nitrogens with one attached hydrogen (secondary N) is 3. The zero-order valence-electron chi connectivity index (χ0n) is 18.4. The lowest BCUT2D eigenvalue weighted by Gasteiger charge is -2.32. The van der Waals surface area contributed by atoms with Crippen LogP contribution in [-0.4, -0.2) is 42.3 Å². The summed E-state index contributed by atoms with van der Waals surface area (Å²) in [5, 5.41) is 18.6. The molecule has 1 saturated heterocycles. The van der Waals surface area contributed by atoms with Crippen LogP contribution in [0, 0.1) is 0 Å². The maximum atomic E-state index is 12.8. The summed E-state index contributed by atoms with van der Waals surface area (Å²) in [5.41, 5.74) is 1.36. The van der Waals surface area contributed by atoms with E-state index < -0.39 is 29.3 Å². The van der Waals surface area contributed by atoms with Crippen molar-refractivity contribution in [1.29, 1.82) is 0 Å². The lowest BCUT2D eigenvalue weighted by Crippen LogP contribution is -2.44. The molecule has 10 heteroatoms. The van der Waals surface area contributed by atoms with Crippen molar-refractivity contribution in [3.05, 3.63) is 64.7 Å². The van der Waals surface area contributed by atoms with Crippen LogP contribution in [0.2, 0.25) is 0 Å². The third kappa shape index (κ3) is 5.68. The van der Waals surface area contributed by atoms with E-state index >= 15 is 0 Å². The lowest BCUT2D eigenvalue weighted by molar-refractivity contribution is -0.139. The molecule has 2 atom stereocenters. The monoisotopic (exact) mass is 477 g/mol. The molecule has 0 aromatic heterocycles. The molecule has 2 aromatic carbocycles. The summed E-state index contributed by atoms with van der Waals surface area (Å²) >= 11 is 0. The number of carbonyl (C=O) groups is 2. The van der Waals surface area contributed by atoms with Crippen LogP contribution in [-0.2, 0) is 33.3 Å². The van der Waals surface area contributed by atoms with Gasteiger partial charge in [0, 0.05) is 24.3 Å². The third-order valence-electron chi connectivity index (χ3n) is 6.03. The van der Waals surface area contributed by atoms with Crippen molar-refractivity contribution in [2.45, 2.75) is 43.7 Å². The van der Waals surface area contributed by atoms with E-state index in [1.54, 1.807) is 0 Å². The molecule has 5 rings (SSSR count). The molecule has 0 spiro atoms. The average molecular weight is 477 g/mol. The maximum Gasteiger partial charge on any atom is 0.416 e. The van der Waals surface area contributed by atoms with Gasteiger partial charge in [-0.2, -0.15) is 13.2 Å². The van der Waals surface area contributed by atoms with Crippen LogP contribution in [0.15, 0.2) is 42.5 Å². The number of halogens is 3. The summed E-state index contributed by atoms with van der Waals surface area (Å²) in [6.45, 7) is 0.501. The van der Waals surface area contributed by atoms with Crippen LogP contribution in [0.3, 0.4) is 0 Å². The maximum absolute atomic E-state index is 12.8. The van der Waals surface area contributed by atoms with E-state index in [4.69, 9.17) is 4.74 Å². The van der Waals surface area contributed by atoms with Crippen molar-refractivity contribution in [1.82, 2.24) is 10.6 Å². The third-order valence-corrected chi connectivity index (χ3v) is 6.03. The molecule has 4 N–H and O–H groups in total. The molecule has 0 unspecified atom stereocenters. The molecular weight excluding hydrogens is 451 g/mol. The van der Waals surface area contributed by atoms with Gasteiger partial charge in [-0.05, 0) is 48.9 Å². The number of aliphatic hydroxyl groups is 1. The molecule has 1 fully saturated rings. The second-order valence-electron chi connectivity index (χ2n) is 8.63. The Morgan fingerprint density at radius 2 is 1.74 bits per heavy atom. The van der Waals surface area contributed by atoms with Crippen molar-refractivity contribution in [2.24, 2.45) is 0 Å². The second kappa shape index (κ2) is 9.63. The van der Waals surface area contributed by atoms with E-state index in [1.165, 1.54) is 12.1 Å². The standard InChI is InChI=1S/C24H26F3N3O4/c25-24(26,27)17-3-1-2-15(12-17)7-10-28-21(31)22(32)29-11-8-16-4-5-19-18(13-16)20-6-9-23(33,30-19)14-34-20/h1-5,12-13,20,30,33H,6-11,14H2,(H,28,31)(H,29,32)/t20-,23+/m1/s1. The van der Waals surface area contributed by atoms with Gasteiger partial charge in [-0.25, -0.2) is 0 Å². The normalized spacial score (nSPS) is 21.2. The van der Waals surface area contributed by atoms with Crippen LogP contribution in [0.1, 0.15) is 41.2 Å². The fraction of sp³-hybridized carbons (Fsp3) is 0.417. The van der Waals surface area contributed by atoms with Crippen molar-refractivity contribution in [3.8, 4) is 0 Å². The molecule has 3 heterocycles. The largest absolute Gasteiger partial charge is 0.416 e. The Balaban J connectivity index is 1.22. The molecular formula is C24H26F3N3O4. The van der Waals surface area contributed by atoms with Crippen LogP contribution >= 0.6 is 0 Å². The van der Waals surface area contributed by atoms with Gasteiger partial charge in [0.25, 0.3) is 0 Å². The fourth-order valence-corrected chi connectivity index (χ4v) is 4.21. The Bertz CT molecular complexity index is 1070. The number of hydrogen-bond donors (Lipinski definition) is 4. The molecule has 2 aromatic rings. The average Bonchev–Trinajstić information content (AvgIpc) is 3.02. The number of benzene rings is 2. The smallest absolute Gasteiger partial charge is 0.369 e. The number of fused-ring (bicyclic) bond motifs is 2. The van der Waals surface area contributed by atoms with Gasteiger partial charge in [0.05, 0.1) is 18.3 Å². The van der Waals surface area contributed by atoms with E-state index in [9.17, 15) is 27.9 Å². The molecule has 3 aliphatic heterocycles. The minimum Gasteiger partial charge on any atom is -0.369 e. The van der Waals surface area contributed by atoms with E-state index in [0.29, 0.717) is 24.8 Å². The van der Waals surface area contributed by atoms with Gasteiger partial charge in [-0.1, -0.05) is 30.3 Å². The van der Waals surface area contributed by atoms with Crippen LogP contribution in [0.5, 0.6) is 0 Å². The minimum atomic E-state index is -4.43. The molecule has 0 saturated carbocycles. The molecule has 34 heavy (non-hydrogen) atoms. The van der Waals surface area contributed by atoms with Gasteiger partial charge in [-0.15, -0.1) is 0 Å². The molecule has 0 aliphatic carbocycles. The number of anilines is 1. The first kappa shape index (κ1) is 24.0. The van der Waals surface area contributed by atoms with Crippen LogP contribution in [0.4, 0.5) is 18.9 Å². The predicted octanol–water partition coefficient (Wildman–Crippen LogP) is 2.69. The van der Waals surface area contributed by atoms with Crippen LogP contribution in [0.25, 0.3) is 0 Å². The number of carbonyl (C=O) groups excluding carboxylic acids is 2. The van der Waals surface area contributed by atoms with Gasteiger partial charge < -0.3 is 25.8 Å². The second-order valence-corrected chi connectivity index (χ2v) is 8.63. The lowest BCUT2D eigenvalue weighted by atomic mass is 9.98. The van der Waals surface area contributed by atoms with Crippen LogP contribution < -0.4 is 16.0 Å². The predicted molar refractivity (Wildman–Crippen MR) is 118 cm³/mol. The molecule has 0 radical (unpaired) electrons. The molecule has 2 bridgehead atoms. The van der Waals surface area contributed by atoms with Crippen molar-refractivity contribution in [2.75, 3.05) is 25.0 Å². The van der Waals surface area contributed by atoms with E-state index in [1.807, 2.05) is 18.2 Å². The molecule has 3 aliphatic rings. The number of rotatable bonds is 6. The highest BCUT2D eigenvalue weighted by atomic mass is 19.4. The summed E-state index contributed by atoms with van der Waals surface area (Å²) in [4.78, 5) is 24.0. The van der Waals surface area contributed by atoms with E-state index in [0.717, 1.165) is 28.9 Å². The van der Waals surface area contributed by atoms with Gasteiger partial charge >= 0.3 is 18.0 Å². The summed E-state index contributed by atoms with van der Waals surface area (Å²) < 4.78 is 44.1. The number of amides is 2. The Morgan fingerprint density at radius 3 is 2.35 bits per heavy atom. The minimum absolute atomic E-state index is 0.0408.